The van der Waals surface area contributed by atoms with Crippen LogP contribution in [0.4, 0.5) is 0 Å². The third-order valence-corrected chi connectivity index (χ3v) is 5.10. The molecule has 0 fully saturated rings. The standard InChI is InChI=1S/C25H25NO5/c1-16-12-18(3)20(13-17(16)2)22(27)15-31-25(29)21(14-19-8-5-4-6-9-19)26-24(28)23-10-7-11-30-23/h4-13,21H,14-15H2,1-3H3,(H,26,28). The van der Waals surface area contributed by atoms with Crippen LogP contribution in [-0.4, -0.2) is 30.3 Å². The highest BCUT2D eigenvalue weighted by Gasteiger charge is 2.25. The Kier molecular flexibility index (Phi) is 7.03. The molecule has 0 saturated heterocycles. The number of carbonyl (C=O) groups is 3. The molecule has 3 aromatic rings. The molecule has 1 N–H and O–H groups in total. The van der Waals surface area contributed by atoms with Crippen LogP contribution in [0, 0.1) is 20.8 Å². The fourth-order valence-corrected chi connectivity index (χ4v) is 3.26. The normalized spacial score (nSPS) is 11.6. The summed E-state index contributed by atoms with van der Waals surface area (Å²) in [6, 6.07) is 15.1. The Morgan fingerprint density at radius 3 is 2.32 bits per heavy atom. The Balaban J connectivity index is 1.71. The van der Waals surface area contributed by atoms with Crippen LogP contribution in [-0.2, 0) is 16.0 Å². The maximum absolute atomic E-state index is 12.8. The van der Waals surface area contributed by atoms with Gasteiger partial charge in [0.2, 0.25) is 5.78 Å². The average Bonchev–Trinajstić information content (AvgIpc) is 3.29. The van der Waals surface area contributed by atoms with Gasteiger partial charge >= 0.3 is 5.97 Å². The van der Waals surface area contributed by atoms with E-state index in [9.17, 15) is 14.4 Å². The molecule has 1 atom stereocenters. The van der Waals surface area contributed by atoms with Crippen LogP contribution < -0.4 is 5.32 Å². The van der Waals surface area contributed by atoms with Crippen LogP contribution in [0.15, 0.2) is 65.3 Å². The Hall–Kier alpha value is -3.67. The van der Waals surface area contributed by atoms with Crippen LogP contribution in [0.1, 0.15) is 43.2 Å². The van der Waals surface area contributed by atoms with Crippen molar-refractivity contribution in [1.29, 1.82) is 0 Å². The first-order chi connectivity index (χ1) is 14.8. The summed E-state index contributed by atoms with van der Waals surface area (Å²) in [5.41, 5.74) is 4.29. The first-order valence-corrected chi connectivity index (χ1v) is 10.0. The van der Waals surface area contributed by atoms with Gasteiger partial charge in [0.05, 0.1) is 6.26 Å². The van der Waals surface area contributed by atoms with Gasteiger partial charge in [0.1, 0.15) is 6.04 Å². The average molecular weight is 419 g/mol. The summed E-state index contributed by atoms with van der Waals surface area (Å²) in [5, 5.41) is 2.64. The molecule has 1 aromatic heterocycles. The van der Waals surface area contributed by atoms with Crippen molar-refractivity contribution >= 4 is 17.7 Å². The van der Waals surface area contributed by atoms with Gasteiger partial charge in [-0.1, -0.05) is 36.4 Å². The molecule has 0 radical (unpaired) electrons. The van der Waals surface area contributed by atoms with Crippen LogP contribution in [0.5, 0.6) is 0 Å². The molecule has 1 amide bonds. The number of nitrogens with one attached hydrogen (secondary N) is 1. The molecule has 0 spiro atoms. The van der Waals surface area contributed by atoms with Crippen molar-refractivity contribution in [3.8, 4) is 0 Å². The number of esters is 1. The van der Waals surface area contributed by atoms with E-state index in [0.29, 0.717) is 5.56 Å². The van der Waals surface area contributed by atoms with E-state index in [2.05, 4.69) is 5.32 Å². The molecule has 6 heteroatoms. The number of Topliss-reactive ketones (excluding diaryl/α,β-unsaturated/α-hetero) is 1. The largest absolute Gasteiger partial charge is 0.459 e. The topological polar surface area (TPSA) is 85.6 Å². The van der Waals surface area contributed by atoms with E-state index in [1.54, 1.807) is 12.1 Å². The number of furan rings is 1. The van der Waals surface area contributed by atoms with Crippen LogP contribution >= 0.6 is 0 Å². The van der Waals surface area contributed by atoms with E-state index >= 15 is 0 Å². The van der Waals surface area contributed by atoms with Crippen LogP contribution in [0.2, 0.25) is 0 Å². The quantitative estimate of drug-likeness (QED) is 0.441. The number of hydrogen-bond acceptors (Lipinski definition) is 5. The smallest absolute Gasteiger partial charge is 0.329 e. The summed E-state index contributed by atoms with van der Waals surface area (Å²) < 4.78 is 10.4. The molecule has 0 aliphatic heterocycles. The number of benzene rings is 2. The Morgan fingerprint density at radius 2 is 1.65 bits per heavy atom. The fourth-order valence-electron chi connectivity index (χ4n) is 3.26. The molecular formula is C25H25NO5. The minimum Gasteiger partial charge on any atom is -0.459 e. The summed E-state index contributed by atoms with van der Waals surface area (Å²) in [4.78, 5) is 37.8. The molecule has 0 bridgehead atoms. The van der Waals surface area contributed by atoms with E-state index in [1.807, 2.05) is 57.2 Å². The predicted molar refractivity (Wildman–Crippen MR) is 116 cm³/mol. The SMILES string of the molecule is Cc1cc(C)c(C(=O)COC(=O)C(Cc2ccccc2)NC(=O)c2ccco2)cc1C. The lowest BCUT2D eigenvalue weighted by Crippen LogP contribution is -2.43. The lowest BCUT2D eigenvalue weighted by Gasteiger charge is -2.17. The highest BCUT2D eigenvalue weighted by molar-refractivity contribution is 6.00. The molecule has 0 aliphatic rings. The van der Waals surface area contributed by atoms with Crippen molar-refractivity contribution in [1.82, 2.24) is 5.32 Å². The number of ether oxygens (including phenoxy) is 1. The lowest BCUT2D eigenvalue weighted by molar-refractivity contribution is -0.144. The van der Waals surface area contributed by atoms with E-state index in [-0.39, 0.29) is 18.0 Å². The molecule has 31 heavy (non-hydrogen) atoms. The van der Waals surface area contributed by atoms with E-state index in [1.165, 1.54) is 12.3 Å². The van der Waals surface area contributed by atoms with Gasteiger partial charge in [-0.05, 0) is 61.2 Å². The lowest BCUT2D eigenvalue weighted by atomic mass is 9.98. The van der Waals surface area contributed by atoms with Gasteiger partial charge in [-0.15, -0.1) is 0 Å². The molecule has 1 heterocycles. The van der Waals surface area contributed by atoms with Gasteiger partial charge in [-0.25, -0.2) is 4.79 Å². The number of ketones is 1. The molecule has 160 valence electrons. The Labute approximate surface area is 181 Å². The Bertz CT molecular complexity index is 1070. The van der Waals surface area contributed by atoms with E-state index < -0.39 is 24.5 Å². The first-order valence-electron chi connectivity index (χ1n) is 10.0. The second kappa shape index (κ2) is 9.89. The zero-order valence-corrected chi connectivity index (χ0v) is 17.8. The monoisotopic (exact) mass is 419 g/mol. The van der Waals surface area contributed by atoms with Crippen LogP contribution in [0.3, 0.4) is 0 Å². The maximum Gasteiger partial charge on any atom is 0.329 e. The molecule has 6 nitrogen and oxygen atoms in total. The number of hydrogen-bond donors (Lipinski definition) is 1. The summed E-state index contributed by atoms with van der Waals surface area (Å²) in [7, 11) is 0. The predicted octanol–water partition coefficient (Wildman–Crippen LogP) is 3.97. The molecule has 2 aromatic carbocycles. The highest BCUT2D eigenvalue weighted by Crippen LogP contribution is 2.16. The van der Waals surface area contributed by atoms with Crippen molar-refractivity contribution in [3.63, 3.8) is 0 Å². The van der Waals surface area contributed by atoms with Gasteiger partial charge < -0.3 is 14.5 Å². The van der Waals surface area contributed by atoms with Crippen molar-refractivity contribution in [2.24, 2.45) is 0 Å². The van der Waals surface area contributed by atoms with Crippen molar-refractivity contribution < 1.29 is 23.5 Å². The second-order valence-electron chi connectivity index (χ2n) is 7.48. The molecule has 0 saturated carbocycles. The molecule has 3 rings (SSSR count). The number of amides is 1. The fraction of sp³-hybridized carbons (Fsp3) is 0.240. The third-order valence-electron chi connectivity index (χ3n) is 5.10. The summed E-state index contributed by atoms with van der Waals surface area (Å²) >= 11 is 0. The second-order valence-corrected chi connectivity index (χ2v) is 7.48. The zero-order valence-electron chi connectivity index (χ0n) is 17.8. The number of aryl methyl sites for hydroxylation is 3. The van der Waals surface area contributed by atoms with E-state index in [4.69, 9.17) is 9.15 Å². The minimum absolute atomic E-state index is 0.0905. The summed E-state index contributed by atoms with van der Waals surface area (Å²) in [6.45, 7) is 5.36. The highest BCUT2D eigenvalue weighted by atomic mass is 16.5. The van der Waals surface area contributed by atoms with Gasteiger partial charge in [0.25, 0.3) is 5.91 Å². The van der Waals surface area contributed by atoms with Gasteiger partial charge in [0, 0.05) is 12.0 Å². The van der Waals surface area contributed by atoms with Crippen molar-refractivity contribution in [2.75, 3.05) is 6.61 Å². The van der Waals surface area contributed by atoms with Gasteiger partial charge in [-0.2, -0.15) is 0 Å². The molecule has 1 unspecified atom stereocenters. The number of carbonyl (C=O) groups excluding carboxylic acids is 3. The third kappa shape index (κ3) is 5.69. The maximum atomic E-state index is 12.8. The minimum atomic E-state index is -0.964. The number of rotatable bonds is 8. The zero-order chi connectivity index (χ0) is 22.4. The van der Waals surface area contributed by atoms with Crippen molar-refractivity contribution in [3.05, 3.63) is 94.4 Å². The van der Waals surface area contributed by atoms with Gasteiger partial charge in [0.15, 0.2) is 12.4 Å². The van der Waals surface area contributed by atoms with Crippen molar-refractivity contribution in [2.45, 2.75) is 33.2 Å². The molecule has 0 aliphatic carbocycles. The summed E-state index contributed by atoms with van der Waals surface area (Å²) in [6.07, 6.45) is 1.60. The van der Waals surface area contributed by atoms with Crippen LogP contribution in [0.25, 0.3) is 0 Å². The molecular weight excluding hydrogens is 394 g/mol. The first kappa shape index (κ1) is 22.0. The van der Waals surface area contributed by atoms with Gasteiger partial charge in [-0.3, -0.25) is 9.59 Å². The Morgan fingerprint density at radius 1 is 0.935 bits per heavy atom. The summed E-state index contributed by atoms with van der Waals surface area (Å²) in [5.74, 6) is -1.41. The van der Waals surface area contributed by atoms with E-state index in [0.717, 1.165) is 22.3 Å².